The Bertz CT molecular complexity index is 877. The summed E-state index contributed by atoms with van der Waals surface area (Å²) in [5.74, 6) is 0. The fraction of sp³-hybridized carbons (Fsp3) is 0.250. The van der Waals surface area contributed by atoms with Gasteiger partial charge >= 0.3 is 0 Å². The third kappa shape index (κ3) is 7.54. The second kappa shape index (κ2) is 11.8. The number of allylic oxidation sites excluding steroid dienone is 3. The van der Waals surface area contributed by atoms with E-state index in [-0.39, 0.29) is 0 Å². The molecule has 0 fully saturated rings. The zero-order valence-electron chi connectivity index (χ0n) is 17.3. The van der Waals surface area contributed by atoms with Crippen LogP contribution in [-0.4, -0.2) is 0 Å². The summed E-state index contributed by atoms with van der Waals surface area (Å²) in [6, 6.07) is 25.8. The Hall–Kier alpha value is -2.93. The molecule has 0 saturated heterocycles. The van der Waals surface area contributed by atoms with E-state index in [2.05, 4.69) is 108 Å². The molecule has 0 saturated carbocycles. The van der Waals surface area contributed by atoms with Gasteiger partial charge in [-0.2, -0.15) is 0 Å². The highest BCUT2D eigenvalue weighted by molar-refractivity contribution is 5.71. The van der Waals surface area contributed by atoms with Crippen molar-refractivity contribution in [1.29, 1.82) is 0 Å². The molecule has 1 nitrogen and oxygen atoms in total. The minimum absolute atomic E-state index is 1.04. The highest BCUT2D eigenvalue weighted by Crippen LogP contribution is 2.13. The molecule has 1 aromatic heterocycles. The van der Waals surface area contributed by atoms with Gasteiger partial charge in [0.25, 0.3) is 0 Å². The van der Waals surface area contributed by atoms with Gasteiger partial charge in [0.05, 0.1) is 0 Å². The summed E-state index contributed by atoms with van der Waals surface area (Å²) >= 11 is 0. The largest absolute Gasteiger partial charge is 0.205 e. The smallest absolute Gasteiger partial charge is 0.169 e. The Labute approximate surface area is 176 Å². The van der Waals surface area contributed by atoms with Crippen molar-refractivity contribution in [3.63, 3.8) is 0 Å². The molecule has 3 aromatic rings. The molecule has 0 spiro atoms. The molecule has 29 heavy (non-hydrogen) atoms. The summed E-state index contributed by atoms with van der Waals surface area (Å²) in [5.41, 5.74) is 5.13. The summed E-state index contributed by atoms with van der Waals surface area (Å²) < 4.78 is 2.26. The fourth-order valence-electron chi connectivity index (χ4n) is 3.49. The summed E-state index contributed by atoms with van der Waals surface area (Å²) in [5, 5.41) is 0. The molecule has 0 amide bonds. The van der Waals surface area contributed by atoms with Crippen LogP contribution >= 0.6 is 0 Å². The van der Waals surface area contributed by atoms with E-state index in [1.807, 2.05) is 0 Å². The van der Waals surface area contributed by atoms with Crippen LogP contribution in [0.1, 0.15) is 42.4 Å². The SMILES string of the molecule is C=C(C=CCCCCc1ccccc1)c1cc[n+](CCCc2ccccc2)cc1. The summed E-state index contributed by atoms with van der Waals surface area (Å²) in [6.45, 7) is 5.27. The number of rotatable bonds is 11. The standard InChI is InChI=1S/C28H32N/c1-25(13-6-2-3-7-14-26-15-8-4-9-16-26)28-20-23-29(24-21-28)22-12-19-27-17-10-5-11-18-27/h4-6,8-11,13,15-18,20-21,23-24H,1-3,7,12,14,19,22H2/q+1. The monoisotopic (exact) mass is 382 g/mol. The van der Waals surface area contributed by atoms with E-state index in [9.17, 15) is 0 Å². The topological polar surface area (TPSA) is 3.88 Å². The van der Waals surface area contributed by atoms with Crippen LogP contribution in [0.3, 0.4) is 0 Å². The van der Waals surface area contributed by atoms with Gasteiger partial charge < -0.3 is 0 Å². The molecule has 2 aromatic carbocycles. The highest BCUT2D eigenvalue weighted by Gasteiger charge is 2.03. The highest BCUT2D eigenvalue weighted by atomic mass is 14.9. The van der Waals surface area contributed by atoms with Gasteiger partial charge in [-0.3, -0.25) is 0 Å². The minimum atomic E-state index is 1.04. The fourth-order valence-corrected chi connectivity index (χ4v) is 3.49. The molecular weight excluding hydrogens is 350 g/mol. The lowest BCUT2D eigenvalue weighted by Gasteiger charge is -2.02. The van der Waals surface area contributed by atoms with Crippen molar-refractivity contribution in [3.05, 3.63) is 121 Å². The number of nitrogens with zero attached hydrogens (tertiary/aromatic N) is 1. The quantitative estimate of drug-likeness (QED) is 0.200. The molecule has 0 atom stereocenters. The van der Waals surface area contributed by atoms with Crippen molar-refractivity contribution < 1.29 is 4.57 Å². The normalized spacial score (nSPS) is 11.0. The predicted molar refractivity (Wildman–Crippen MR) is 124 cm³/mol. The molecule has 1 heterocycles. The lowest BCUT2D eigenvalue weighted by atomic mass is 10.1. The van der Waals surface area contributed by atoms with Crippen molar-refractivity contribution >= 4 is 5.57 Å². The van der Waals surface area contributed by atoms with Gasteiger partial charge in [-0.1, -0.05) is 79.4 Å². The summed E-state index contributed by atoms with van der Waals surface area (Å²) in [6.07, 6.45) is 15.7. The Morgan fingerprint density at radius 2 is 1.31 bits per heavy atom. The van der Waals surface area contributed by atoms with E-state index in [1.165, 1.54) is 36.0 Å². The number of aryl methyl sites for hydroxylation is 3. The predicted octanol–water partition coefficient (Wildman–Crippen LogP) is 6.59. The van der Waals surface area contributed by atoms with Crippen LogP contribution in [0, 0.1) is 0 Å². The number of hydrogen-bond acceptors (Lipinski definition) is 0. The van der Waals surface area contributed by atoms with Gasteiger partial charge in [-0.15, -0.1) is 0 Å². The molecule has 0 unspecified atom stereocenters. The third-order valence-electron chi connectivity index (χ3n) is 5.23. The van der Waals surface area contributed by atoms with Crippen LogP contribution in [0.5, 0.6) is 0 Å². The Balaban J connectivity index is 1.35. The molecule has 1 heteroatoms. The average Bonchev–Trinajstić information content (AvgIpc) is 2.78. The molecule has 0 radical (unpaired) electrons. The maximum atomic E-state index is 4.23. The molecule has 0 aliphatic heterocycles. The van der Waals surface area contributed by atoms with Gasteiger partial charge in [0.15, 0.2) is 12.4 Å². The number of pyridine rings is 1. The number of unbranched alkanes of at least 4 members (excludes halogenated alkanes) is 2. The van der Waals surface area contributed by atoms with E-state index < -0.39 is 0 Å². The molecule has 148 valence electrons. The first kappa shape index (κ1) is 20.8. The zero-order valence-corrected chi connectivity index (χ0v) is 17.3. The first-order valence-electron chi connectivity index (χ1n) is 10.7. The molecular formula is C28H32N+. The van der Waals surface area contributed by atoms with Gasteiger partial charge in [-0.05, 0) is 54.4 Å². The van der Waals surface area contributed by atoms with E-state index in [4.69, 9.17) is 0 Å². The zero-order chi connectivity index (χ0) is 20.2. The Morgan fingerprint density at radius 1 is 0.724 bits per heavy atom. The van der Waals surface area contributed by atoms with Crippen LogP contribution in [0.2, 0.25) is 0 Å². The van der Waals surface area contributed by atoms with Crippen molar-refractivity contribution in [1.82, 2.24) is 0 Å². The van der Waals surface area contributed by atoms with E-state index in [0.29, 0.717) is 0 Å². The van der Waals surface area contributed by atoms with E-state index >= 15 is 0 Å². The first-order chi connectivity index (χ1) is 14.3. The number of hydrogen-bond donors (Lipinski definition) is 0. The second-order valence-electron chi connectivity index (χ2n) is 7.57. The van der Waals surface area contributed by atoms with Gasteiger partial charge in [0.1, 0.15) is 6.54 Å². The lowest BCUT2D eigenvalue weighted by Crippen LogP contribution is -2.32. The minimum Gasteiger partial charge on any atom is -0.205 e. The van der Waals surface area contributed by atoms with Crippen molar-refractivity contribution in [2.45, 2.75) is 45.1 Å². The van der Waals surface area contributed by atoms with Crippen molar-refractivity contribution in [3.8, 4) is 0 Å². The average molecular weight is 383 g/mol. The van der Waals surface area contributed by atoms with Gasteiger partial charge in [-0.25, -0.2) is 4.57 Å². The Kier molecular flexibility index (Phi) is 8.47. The Morgan fingerprint density at radius 3 is 1.93 bits per heavy atom. The van der Waals surface area contributed by atoms with Crippen LogP contribution in [-0.2, 0) is 19.4 Å². The van der Waals surface area contributed by atoms with Crippen LogP contribution in [0.25, 0.3) is 5.57 Å². The molecule has 3 rings (SSSR count). The van der Waals surface area contributed by atoms with Gasteiger partial charge in [0, 0.05) is 18.6 Å². The van der Waals surface area contributed by atoms with Crippen molar-refractivity contribution in [2.24, 2.45) is 0 Å². The maximum absolute atomic E-state index is 4.23. The van der Waals surface area contributed by atoms with Crippen molar-refractivity contribution in [2.75, 3.05) is 0 Å². The first-order valence-corrected chi connectivity index (χ1v) is 10.7. The molecule has 0 aliphatic carbocycles. The lowest BCUT2D eigenvalue weighted by molar-refractivity contribution is -0.697. The van der Waals surface area contributed by atoms with Crippen LogP contribution in [0.15, 0.2) is 104 Å². The third-order valence-corrected chi connectivity index (χ3v) is 5.23. The summed E-state index contributed by atoms with van der Waals surface area (Å²) in [4.78, 5) is 0. The molecule has 0 aliphatic rings. The second-order valence-corrected chi connectivity index (χ2v) is 7.57. The van der Waals surface area contributed by atoms with E-state index in [0.717, 1.165) is 31.4 Å². The van der Waals surface area contributed by atoms with E-state index in [1.54, 1.807) is 0 Å². The molecule has 0 bridgehead atoms. The maximum Gasteiger partial charge on any atom is 0.169 e. The van der Waals surface area contributed by atoms with Gasteiger partial charge in [0.2, 0.25) is 0 Å². The van der Waals surface area contributed by atoms with Crippen LogP contribution < -0.4 is 4.57 Å². The number of benzene rings is 2. The summed E-state index contributed by atoms with van der Waals surface area (Å²) in [7, 11) is 0. The van der Waals surface area contributed by atoms with Crippen LogP contribution in [0.4, 0.5) is 0 Å². The molecule has 0 N–H and O–H groups in total. The number of aromatic nitrogens is 1.